The number of halogens is 2. The van der Waals surface area contributed by atoms with Crippen molar-refractivity contribution in [3.63, 3.8) is 0 Å². The fourth-order valence-electron chi connectivity index (χ4n) is 3.76. The number of rotatable bonds is 8. The first-order valence-electron chi connectivity index (χ1n) is 9.96. The van der Waals surface area contributed by atoms with Crippen molar-refractivity contribution >= 4 is 17.7 Å². The number of H-pyrrole nitrogens is 1. The van der Waals surface area contributed by atoms with E-state index in [0.29, 0.717) is 24.4 Å². The molecule has 9 heteroatoms. The Morgan fingerprint density at radius 1 is 1.37 bits per heavy atom. The van der Waals surface area contributed by atoms with Crippen LogP contribution in [0.15, 0.2) is 34.2 Å². The van der Waals surface area contributed by atoms with E-state index < -0.39 is 11.3 Å². The molecule has 1 unspecified atom stereocenters. The molecule has 0 spiro atoms. The van der Waals surface area contributed by atoms with Crippen molar-refractivity contribution in [1.82, 2.24) is 14.9 Å². The highest BCUT2D eigenvalue weighted by atomic mass is 32.2. The Hall–Kier alpha value is -2.42. The van der Waals surface area contributed by atoms with Crippen LogP contribution in [0.1, 0.15) is 49.0 Å². The second-order valence-corrected chi connectivity index (χ2v) is 8.04. The fraction of sp³-hybridized carbons (Fsp3) is 0.476. The Kier molecular flexibility index (Phi) is 7.47. The van der Waals surface area contributed by atoms with Gasteiger partial charge in [-0.15, -0.1) is 0 Å². The quantitative estimate of drug-likeness (QED) is 0.497. The molecule has 1 aromatic carbocycles. The predicted octanol–water partition coefficient (Wildman–Crippen LogP) is 4.09. The molecule has 1 N–H and O–H groups in total. The van der Waals surface area contributed by atoms with E-state index in [4.69, 9.17) is 4.74 Å². The van der Waals surface area contributed by atoms with Crippen LogP contribution in [0.4, 0.5) is 8.78 Å². The maximum Gasteiger partial charge on any atom is 0.291 e. The molecule has 1 amide bonds. The minimum atomic E-state index is -2.66. The van der Waals surface area contributed by atoms with E-state index in [0.717, 1.165) is 24.2 Å². The number of aromatic amines is 1. The summed E-state index contributed by atoms with van der Waals surface area (Å²) < 4.78 is 30.5. The van der Waals surface area contributed by atoms with Gasteiger partial charge in [0.1, 0.15) is 5.75 Å². The summed E-state index contributed by atoms with van der Waals surface area (Å²) in [6.45, 7) is 4.80. The second kappa shape index (κ2) is 10.1. The number of carbonyl (C=O) groups excluding carboxylic acids is 1. The largest absolute Gasteiger partial charge is 0.494 e. The molecule has 1 aliphatic heterocycles. The van der Waals surface area contributed by atoms with E-state index in [9.17, 15) is 18.4 Å². The summed E-state index contributed by atoms with van der Waals surface area (Å²) in [6, 6.07) is 7.80. The highest BCUT2D eigenvalue weighted by Crippen LogP contribution is 2.33. The zero-order chi connectivity index (χ0) is 21.7. The van der Waals surface area contributed by atoms with Crippen LogP contribution >= 0.6 is 11.8 Å². The first-order valence-corrected chi connectivity index (χ1v) is 10.8. The number of thioether (sulfide) groups is 1. The van der Waals surface area contributed by atoms with Crippen molar-refractivity contribution in [3.8, 4) is 5.75 Å². The third-order valence-corrected chi connectivity index (χ3v) is 5.73. The van der Waals surface area contributed by atoms with E-state index in [-0.39, 0.29) is 41.7 Å². The lowest BCUT2D eigenvalue weighted by Crippen LogP contribution is -2.31. The number of nitrogens with one attached hydrogen (secondary N) is 1. The summed E-state index contributed by atoms with van der Waals surface area (Å²) in [4.78, 5) is 33.4. The number of aromatic nitrogens is 2. The number of carbonyl (C=O) groups is 1. The molecule has 0 bridgehead atoms. The lowest BCUT2D eigenvalue weighted by atomic mass is 10.0. The molecule has 1 fully saturated rings. The van der Waals surface area contributed by atoms with Crippen molar-refractivity contribution in [3.05, 3.63) is 51.4 Å². The summed E-state index contributed by atoms with van der Waals surface area (Å²) in [5, 5.41) is -0.113. The molecule has 2 aromatic rings. The minimum Gasteiger partial charge on any atom is -0.494 e. The van der Waals surface area contributed by atoms with Crippen LogP contribution in [0.3, 0.4) is 0 Å². The van der Waals surface area contributed by atoms with Crippen molar-refractivity contribution in [1.29, 1.82) is 0 Å². The zero-order valence-corrected chi connectivity index (χ0v) is 17.8. The van der Waals surface area contributed by atoms with E-state index >= 15 is 0 Å². The average molecular weight is 438 g/mol. The standard InChI is InChI=1S/C21H25F2N3O3S/c1-3-29-15-8-6-14(7-9-15)17-5-4-12-26(17)18(27)11-10-16-13(2)24-21(25-19(16)28)30-20(22)23/h6-9,17,20H,3-5,10-12H2,1-2H3,(H,24,25,28). The number of hydrogen-bond donors (Lipinski definition) is 1. The fourth-order valence-corrected chi connectivity index (χ4v) is 4.27. The van der Waals surface area contributed by atoms with Gasteiger partial charge in [-0.2, -0.15) is 8.78 Å². The first-order chi connectivity index (χ1) is 14.4. The van der Waals surface area contributed by atoms with Crippen LogP contribution in [0.2, 0.25) is 0 Å². The summed E-state index contributed by atoms with van der Waals surface area (Å²) >= 11 is 0.198. The molecule has 30 heavy (non-hydrogen) atoms. The monoisotopic (exact) mass is 437 g/mol. The molecular formula is C21H25F2N3O3S. The molecule has 1 atom stereocenters. The van der Waals surface area contributed by atoms with Gasteiger partial charge in [0, 0.05) is 24.2 Å². The molecule has 1 aromatic heterocycles. The van der Waals surface area contributed by atoms with Gasteiger partial charge in [-0.3, -0.25) is 9.59 Å². The Labute approximate surface area is 178 Å². The predicted molar refractivity (Wildman–Crippen MR) is 111 cm³/mol. The van der Waals surface area contributed by atoms with Crippen molar-refractivity contribution in [2.45, 2.75) is 56.5 Å². The van der Waals surface area contributed by atoms with E-state index in [2.05, 4.69) is 9.97 Å². The molecular weight excluding hydrogens is 412 g/mol. The van der Waals surface area contributed by atoms with Crippen LogP contribution < -0.4 is 10.3 Å². The van der Waals surface area contributed by atoms with E-state index in [1.807, 2.05) is 36.1 Å². The van der Waals surface area contributed by atoms with E-state index in [1.54, 1.807) is 6.92 Å². The number of benzene rings is 1. The topological polar surface area (TPSA) is 75.3 Å². The van der Waals surface area contributed by atoms with Gasteiger partial charge in [-0.25, -0.2) is 4.98 Å². The van der Waals surface area contributed by atoms with Gasteiger partial charge < -0.3 is 14.6 Å². The van der Waals surface area contributed by atoms with Gasteiger partial charge in [0.2, 0.25) is 5.91 Å². The summed E-state index contributed by atoms with van der Waals surface area (Å²) in [7, 11) is 0. The highest BCUT2D eigenvalue weighted by molar-refractivity contribution is 7.99. The summed E-state index contributed by atoms with van der Waals surface area (Å²) in [5.41, 5.74) is 1.33. The number of hydrogen-bond acceptors (Lipinski definition) is 5. The van der Waals surface area contributed by atoms with Crippen molar-refractivity contribution in [2.75, 3.05) is 13.2 Å². The number of amides is 1. The van der Waals surface area contributed by atoms with Crippen LogP contribution in [0.5, 0.6) is 5.75 Å². The van der Waals surface area contributed by atoms with Gasteiger partial charge in [0.25, 0.3) is 11.3 Å². The SMILES string of the molecule is CCOc1ccc(C2CCCN2C(=O)CCc2c(C)nc(SC(F)F)[nH]c2=O)cc1. The Bertz CT molecular complexity index is 934. The summed E-state index contributed by atoms with van der Waals surface area (Å²) in [5.74, 6) is -1.89. The van der Waals surface area contributed by atoms with Crippen molar-refractivity contribution < 1.29 is 18.3 Å². The number of nitrogens with zero attached hydrogens (tertiary/aromatic N) is 2. The Morgan fingerprint density at radius 3 is 2.73 bits per heavy atom. The summed E-state index contributed by atoms with van der Waals surface area (Å²) in [6.07, 6.45) is 2.20. The molecule has 0 aliphatic carbocycles. The van der Waals surface area contributed by atoms with Crippen LogP contribution in [0, 0.1) is 6.92 Å². The number of aryl methyl sites for hydroxylation is 1. The Morgan fingerprint density at radius 2 is 2.10 bits per heavy atom. The third-order valence-electron chi connectivity index (χ3n) is 5.14. The molecule has 0 radical (unpaired) electrons. The molecule has 6 nitrogen and oxygen atoms in total. The number of ether oxygens (including phenoxy) is 1. The van der Waals surface area contributed by atoms with Gasteiger partial charge in [0.05, 0.1) is 12.6 Å². The molecule has 2 heterocycles. The minimum absolute atomic E-state index is 0.00972. The lowest BCUT2D eigenvalue weighted by Gasteiger charge is -2.25. The van der Waals surface area contributed by atoms with Gasteiger partial charge in [0.15, 0.2) is 5.16 Å². The highest BCUT2D eigenvalue weighted by Gasteiger charge is 2.29. The maximum atomic E-state index is 12.9. The average Bonchev–Trinajstić information content (AvgIpc) is 3.17. The number of alkyl halides is 2. The molecule has 0 saturated carbocycles. The molecule has 1 aliphatic rings. The second-order valence-electron chi connectivity index (χ2n) is 7.06. The third kappa shape index (κ3) is 5.38. The smallest absolute Gasteiger partial charge is 0.291 e. The molecule has 162 valence electrons. The molecule has 3 rings (SSSR count). The van der Waals surface area contributed by atoms with Crippen molar-refractivity contribution in [2.24, 2.45) is 0 Å². The zero-order valence-electron chi connectivity index (χ0n) is 17.0. The maximum absolute atomic E-state index is 12.9. The van der Waals surface area contributed by atoms with Gasteiger partial charge >= 0.3 is 0 Å². The van der Waals surface area contributed by atoms with Crippen LogP contribution in [-0.4, -0.2) is 39.7 Å². The van der Waals surface area contributed by atoms with Gasteiger partial charge in [-0.05, 0) is 62.6 Å². The van der Waals surface area contributed by atoms with Gasteiger partial charge in [-0.1, -0.05) is 12.1 Å². The Balaban J connectivity index is 1.66. The van der Waals surface area contributed by atoms with Crippen LogP contribution in [-0.2, 0) is 11.2 Å². The van der Waals surface area contributed by atoms with Crippen LogP contribution in [0.25, 0.3) is 0 Å². The van der Waals surface area contributed by atoms with E-state index in [1.165, 1.54) is 0 Å². The molecule has 1 saturated heterocycles. The number of likely N-dealkylation sites (tertiary alicyclic amines) is 1. The lowest BCUT2D eigenvalue weighted by molar-refractivity contribution is -0.132. The first kappa shape index (κ1) is 22.3. The normalized spacial score (nSPS) is 16.3.